The van der Waals surface area contributed by atoms with Gasteiger partial charge in [0.25, 0.3) is 5.91 Å². The number of ether oxygens (including phenoxy) is 1. The van der Waals surface area contributed by atoms with E-state index in [1.807, 2.05) is 42.5 Å². The summed E-state index contributed by atoms with van der Waals surface area (Å²) < 4.78 is 5.47. The minimum absolute atomic E-state index is 0.0712. The lowest BCUT2D eigenvalue weighted by Gasteiger charge is -2.16. The fraction of sp³-hybridized carbons (Fsp3) is 0.250. The molecule has 0 fully saturated rings. The van der Waals surface area contributed by atoms with Gasteiger partial charge in [0.1, 0.15) is 5.75 Å². The quantitative estimate of drug-likeness (QED) is 0.884. The number of carbonyl (C=O) groups excluding carboxylic acids is 1. The van der Waals surface area contributed by atoms with E-state index in [1.54, 1.807) is 7.05 Å². The predicted molar refractivity (Wildman–Crippen MR) is 79.3 cm³/mol. The molecule has 0 saturated carbocycles. The van der Waals surface area contributed by atoms with Crippen LogP contribution in [-0.2, 0) is 9.59 Å². The van der Waals surface area contributed by atoms with E-state index in [-0.39, 0.29) is 25.5 Å². The Kier molecular flexibility index (Phi) is 4.77. The maximum Gasteiger partial charge on any atom is 0.305 e. The zero-order chi connectivity index (χ0) is 15.2. The van der Waals surface area contributed by atoms with Crippen molar-refractivity contribution in [3.05, 3.63) is 42.5 Å². The third kappa shape index (κ3) is 4.21. The monoisotopic (exact) mass is 287 g/mol. The summed E-state index contributed by atoms with van der Waals surface area (Å²) in [4.78, 5) is 23.6. The van der Waals surface area contributed by atoms with Crippen molar-refractivity contribution >= 4 is 22.6 Å². The van der Waals surface area contributed by atoms with Crippen LogP contribution in [0.25, 0.3) is 10.8 Å². The first kappa shape index (κ1) is 14.8. The van der Waals surface area contributed by atoms with E-state index in [0.29, 0.717) is 5.75 Å². The number of carboxylic acid groups (broad SMARTS) is 1. The Morgan fingerprint density at radius 3 is 2.57 bits per heavy atom. The average molecular weight is 287 g/mol. The average Bonchev–Trinajstić information content (AvgIpc) is 2.49. The number of likely N-dealkylation sites (N-methyl/N-ethyl adjacent to an activating group) is 1. The van der Waals surface area contributed by atoms with E-state index in [2.05, 4.69) is 0 Å². The molecule has 0 spiro atoms. The molecule has 110 valence electrons. The number of carboxylic acids is 1. The van der Waals surface area contributed by atoms with Gasteiger partial charge in [-0.15, -0.1) is 0 Å². The van der Waals surface area contributed by atoms with Gasteiger partial charge in [-0.1, -0.05) is 30.3 Å². The number of hydrogen-bond acceptors (Lipinski definition) is 3. The number of aliphatic carboxylic acids is 1. The van der Waals surface area contributed by atoms with E-state index >= 15 is 0 Å². The fourth-order valence-electron chi connectivity index (χ4n) is 1.90. The second kappa shape index (κ2) is 6.74. The van der Waals surface area contributed by atoms with Crippen molar-refractivity contribution in [3.63, 3.8) is 0 Å². The largest absolute Gasteiger partial charge is 0.484 e. The van der Waals surface area contributed by atoms with Crippen molar-refractivity contribution in [2.45, 2.75) is 6.42 Å². The van der Waals surface area contributed by atoms with Gasteiger partial charge in [0.2, 0.25) is 0 Å². The van der Waals surface area contributed by atoms with Crippen LogP contribution in [0.5, 0.6) is 5.75 Å². The van der Waals surface area contributed by atoms with Gasteiger partial charge < -0.3 is 14.7 Å². The summed E-state index contributed by atoms with van der Waals surface area (Å²) in [5, 5.41) is 10.7. The summed E-state index contributed by atoms with van der Waals surface area (Å²) in [6.07, 6.45) is -0.0712. The molecule has 0 heterocycles. The minimum atomic E-state index is -0.926. The summed E-state index contributed by atoms with van der Waals surface area (Å²) in [6, 6.07) is 13.5. The maximum absolute atomic E-state index is 11.8. The van der Waals surface area contributed by atoms with E-state index in [4.69, 9.17) is 9.84 Å². The first-order valence-electron chi connectivity index (χ1n) is 6.63. The molecule has 2 aromatic carbocycles. The molecule has 21 heavy (non-hydrogen) atoms. The highest BCUT2D eigenvalue weighted by atomic mass is 16.5. The van der Waals surface area contributed by atoms with Crippen molar-refractivity contribution in [1.82, 2.24) is 4.90 Å². The van der Waals surface area contributed by atoms with Crippen LogP contribution >= 0.6 is 0 Å². The maximum atomic E-state index is 11.8. The van der Waals surface area contributed by atoms with Crippen molar-refractivity contribution in [2.75, 3.05) is 20.2 Å². The molecule has 5 heteroatoms. The molecule has 0 unspecified atom stereocenters. The van der Waals surface area contributed by atoms with Gasteiger partial charge in [-0.25, -0.2) is 0 Å². The Morgan fingerprint density at radius 1 is 1.14 bits per heavy atom. The Labute approximate surface area is 122 Å². The molecule has 1 N–H and O–H groups in total. The Hall–Kier alpha value is -2.56. The highest BCUT2D eigenvalue weighted by Gasteiger charge is 2.11. The molecule has 2 aromatic rings. The smallest absolute Gasteiger partial charge is 0.305 e. The van der Waals surface area contributed by atoms with Crippen LogP contribution in [0, 0.1) is 0 Å². The summed E-state index contributed by atoms with van der Waals surface area (Å²) in [5.41, 5.74) is 0. The molecule has 0 bridgehead atoms. The Morgan fingerprint density at radius 2 is 1.86 bits per heavy atom. The van der Waals surface area contributed by atoms with Crippen LogP contribution in [0.1, 0.15) is 6.42 Å². The van der Waals surface area contributed by atoms with Crippen molar-refractivity contribution in [3.8, 4) is 5.75 Å². The molecule has 0 atom stereocenters. The number of hydrogen-bond donors (Lipinski definition) is 1. The van der Waals surface area contributed by atoms with Gasteiger partial charge in [-0.2, -0.15) is 0 Å². The standard InChI is InChI=1S/C16H17NO4/c1-17(9-8-16(19)20)15(18)11-21-14-7-6-12-4-2-3-5-13(12)10-14/h2-7,10H,8-9,11H2,1H3,(H,19,20). The van der Waals surface area contributed by atoms with Crippen LogP contribution in [-0.4, -0.2) is 42.1 Å². The van der Waals surface area contributed by atoms with Gasteiger partial charge >= 0.3 is 5.97 Å². The van der Waals surface area contributed by atoms with Gasteiger partial charge in [-0.3, -0.25) is 9.59 Å². The number of rotatable bonds is 6. The van der Waals surface area contributed by atoms with Crippen LogP contribution in [0.4, 0.5) is 0 Å². The fourth-order valence-corrected chi connectivity index (χ4v) is 1.90. The second-order valence-electron chi connectivity index (χ2n) is 4.76. The van der Waals surface area contributed by atoms with E-state index in [1.165, 1.54) is 4.90 Å². The summed E-state index contributed by atoms with van der Waals surface area (Å²) in [7, 11) is 1.56. The van der Waals surface area contributed by atoms with Crippen LogP contribution in [0.15, 0.2) is 42.5 Å². The number of nitrogens with zero attached hydrogens (tertiary/aromatic N) is 1. The first-order chi connectivity index (χ1) is 10.1. The molecular formula is C16H17NO4. The van der Waals surface area contributed by atoms with E-state index in [0.717, 1.165) is 10.8 Å². The van der Waals surface area contributed by atoms with Crippen molar-refractivity contribution in [1.29, 1.82) is 0 Å². The van der Waals surface area contributed by atoms with Crippen LogP contribution in [0.3, 0.4) is 0 Å². The normalized spacial score (nSPS) is 10.3. The van der Waals surface area contributed by atoms with Gasteiger partial charge in [0.15, 0.2) is 6.61 Å². The van der Waals surface area contributed by atoms with Gasteiger partial charge in [0, 0.05) is 13.6 Å². The lowest BCUT2D eigenvalue weighted by Crippen LogP contribution is -2.33. The third-order valence-electron chi connectivity index (χ3n) is 3.17. The minimum Gasteiger partial charge on any atom is -0.484 e. The lowest BCUT2D eigenvalue weighted by molar-refractivity contribution is -0.138. The SMILES string of the molecule is CN(CCC(=O)O)C(=O)COc1ccc2ccccc2c1. The number of benzene rings is 2. The highest BCUT2D eigenvalue weighted by molar-refractivity contribution is 5.84. The zero-order valence-corrected chi connectivity index (χ0v) is 11.8. The summed E-state index contributed by atoms with van der Waals surface area (Å²) in [5.74, 6) is -0.553. The summed E-state index contributed by atoms with van der Waals surface area (Å²) in [6.45, 7) is 0.0731. The highest BCUT2D eigenvalue weighted by Crippen LogP contribution is 2.20. The predicted octanol–water partition coefficient (Wildman–Crippen LogP) is 2.15. The molecule has 0 aliphatic carbocycles. The van der Waals surface area contributed by atoms with Crippen LogP contribution < -0.4 is 4.74 Å². The third-order valence-corrected chi connectivity index (χ3v) is 3.17. The number of fused-ring (bicyclic) bond motifs is 1. The lowest BCUT2D eigenvalue weighted by atomic mass is 10.1. The van der Waals surface area contributed by atoms with E-state index < -0.39 is 5.97 Å². The Balaban J connectivity index is 1.91. The van der Waals surface area contributed by atoms with Crippen LogP contribution in [0.2, 0.25) is 0 Å². The molecule has 0 aromatic heterocycles. The number of amides is 1. The first-order valence-corrected chi connectivity index (χ1v) is 6.63. The molecule has 0 aliphatic heterocycles. The molecule has 2 rings (SSSR count). The Bertz CT molecular complexity index is 654. The zero-order valence-electron chi connectivity index (χ0n) is 11.8. The summed E-state index contributed by atoms with van der Waals surface area (Å²) >= 11 is 0. The molecule has 0 radical (unpaired) electrons. The van der Waals surface area contributed by atoms with E-state index in [9.17, 15) is 9.59 Å². The van der Waals surface area contributed by atoms with Crippen molar-refractivity contribution < 1.29 is 19.4 Å². The van der Waals surface area contributed by atoms with Crippen molar-refractivity contribution in [2.24, 2.45) is 0 Å². The number of carbonyl (C=O) groups is 2. The molecule has 0 aliphatic rings. The second-order valence-corrected chi connectivity index (χ2v) is 4.76. The molecule has 5 nitrogen and oxygen atoms in total. The van der Waals surface area contributed by atoms with Gasteiger partial charge in [-0.05, 0) is 22.9 Å². The molecule has 0 saturated heterocycles. The van der Waals surface area contributed by atoms with Gasteiger partial charge in [0.05, 0.1) is 6.42 Å². The molecular weight excluding hydrogens is 270 g/mol. The molecule has 1 amide bonds. The topological polar surface area (TPSA) is 66.8 Å².